The van der Waals surface area contributed by atoms with Gasteiger partial charge >= 0.3 is 12.0 Å². The molecule has 1 aromatic rings. The Hall–Kier alpha value is -2.41. The second-order valence-electron chi connectivity index (χ2n) is 6.74. The molecule has 3 amide bonds. The molecule has 3 atom stereocenters. The van der Waals surface area contributed by atoms with Gasteiger partial charge in [-0.25, -0.2) is 4.79 Å². The zero-order chi connectivity index (χ0) is 17.8. The molecule has 25 heavy (non-hydrogen) atoms. The van der Waals surface area contributed by atoms with E-state index in [1.54, 1.807) is 29.2 Å². The second-order valence-corrected chi connectivity index (χ2v) is 6.74. The number of amides is 3. The van der Waals surface area contributed by atoms with Crippen LogP contribution in [0.15, 0.2) is 30.3 Å². The third-order valence-electron chi connectivity index (χ3n) is 5.12. The molecule has 0 spiro atoms. The highest BCUT2D eigenvalue weighted by molar-refractivity contribution is 6.01. The first-order valence-electron chi connectivity index (χ1n) is 8.69. The maximum absolute atomic E-state index is 12.2. The van der Waals surface area contributed by atoms with Gasteiger partial charge in [-0.05, 0) is 37.3 Å². The van der Waals surface area contributed by atoms with Crippen molar-refractivity contribution in [1.29, 1.82) is 0 Å². The number of rotatable bonds is 4. The molecule has 7 heteroatoms. The molecular formula is C18H23N3O4. The Morgan fingerprint density at radius 3 is 2.56 bits per heavy atom. The van der Waals surface area contributed by atoms with Crippen LogP contribution in [0.25, 0.3) is 0 Å². The van der Waals surface area contributed by atoms with Gasteiger partial charge in [-0.2, -0.15) is 0 Å². The molecule has 1 aliphatic heterocycles. The average molecular weight is 345 g/mol. The summed E-state index contributed by atoms with van der Waals surface area (Å²) in [5, 5.41) is 14.3. The van der Waals surface area contributed by atoms with Gasteiger partial charge < -0.3 is 10.4 Å². The fourth-order valence-corrected chi connectivity index (χ4v) is 4.04. The molecule has 3 N–H and O–H groups in total. The molecule has 0 radical (unpaired) electrons. The molecule has 1 aliphatic carbocycles. The van der Waals surface area contributed by atoms with Crippen LogP contribution in [0, 0.1) is 5.92 Å². The van der Waals surface area contributed by atoms with Crippen LogP contribution in [0.1, 0.15) is 32.1 Å². The normalized spacial score (nSPS) is 25.8. The van der Waals surface area contributed by atoms with Crippen LogP contribution in [0.3, 0.4) is 0 Å². The minimum atomic E-state index is -0.893. The average Bonchev–Trinajstić information content (AvgIpc) is 2.94. The quantitative estimate of drug-likeness (QED) is 0.776. The zero-order valence-corrected chi connectivity index (χ0v) is 14.0. The number of urea groups is 1. The number of carboxylic acid groups (broad SMARTS) is 1. The fraction of sp³-hybridized carbons (Fsp3) is 0.500. The van der Waals surface area contributed by atoms with Crippen LogP contribution in [0.5, 0.6) is 0 Å². The van der Waals surface area contributed by atoms with Crippen molar-refractivity contribution >= 4 is 23.6 Å². The highest BCUT2D eigenvalue weighted by atomic mass is 16.4. The number of carboxylic acids is 1. The van der Waals surface area contributed by atoms with Crippen LogP contribution in [-0.4, -0.2) is 46.5 Å². The van der Waals surface area contributed by atoms with E-state index in [1.807, 2.05) is 6.07 Å². The number of para-hydroxylation sites is 1. The Morgan fingerprint density at radius 2 is 1.84 bits per heavy atom. The van der Waals surface area contributed by atoms with E-state index in [2.05, 4.69) is 10.6 Å². The summed E-state index contributed by atoms with van der Waals surface area (Å²) in [6.45, 7) is -0.0691. The first-order valence-corrected chi connectivity index (χ1v) is 8.69. The molecule has 134 valence electrons. The predicted molar refractivity (Wildman–Crippen MR) is 92.1 cm³/mol. The van der Waals surface area contributed by atoms with E-state index in [0.717, 1.165) is 25.7 Å². The SMILES string of the molecule is O=C(CN1C(C(=O)O)CC2CCCCC21)NC(=O)Nc1ccccc1. The third-order valence-corrected chi connectivity index (χ3v) is 5.12. The van der Waals surface area contributed by atoms with Crippen LogP contribution in [-0.2, 0) is 9.59 Å². The summed E-state index contributed by atoms with van der Waals surface area (Å²) in [5.41, 5.74) is 0.588. The smallest absolute Gasteiger partial charge is 0.325 e. The number of hydrogen-bond donors (Lipinski definition) is 3. The summed E-state index contributed by atoms with van der Waals surface area (Å²) in [6.07, 6.45) is 4.69. The Balaban J connectivity index is 1.58. The molecule has 2 aliphatic rings. The maximum Gasteiger partial charge on any atom is 0.325 e. The fourth-order valence-electron chi connectivity index (χ4n) is 4.04. The highest BCUT2D eigenvalue weighted by Crippen LogP contribution is 2.39. The number of hydrogen-bond acceptors (Lipinski definition) is 4. The third kappa shape index (κ3) is 4.17. The van der Waals surface area contributed by atoms with E-state index >= 15 is 0 Å². The predicted octanol–water partition coefficient (Wildman–Crippen LogP) is 2.05. The lowest BCUT2D eigenvalue weighted by atomic mass is 9.85. The lowest BCUT2D eigenvalue weighted by Gasteiger charge is -2.32. The van der Waals surface area contributed by atoms with Crippen LogP contribution >= 0.6 is 0 Å². The first kappa shape index (κ1) is 17.4. The van der Waals surface area contributed by atoms with Crippen molar-refractivity contribution in [3.05, 3.63) is 30.3 Å². The van der Waals surface area contributed by atoms with Gasteiger partial charge in [0.1, 0.15) is 6.04 Å². The number of nitrogens with zero attached hydrogens (tertiary/aromatic N) is 1. The van der Waals surface area contributed by atoms with Gasteiger partial charge in [0, 0.05) is 11.7 Å². The number of likely N-dealkylation sites (tertiary alicyclic amines) is 1. The largest absolute Gasteiger partial charge is 0.480 e. The van der Waals surface area contributed by atoms with Crippen molar-refractivity contribution < 1.29 is 19.5 Å². The number of nitrogens with one attached hydrogen (secondary N) is 2. The maximum atomic E-state index is 12.2. The number of fused-ring (bicyclic) bond motifs is 1. The van der Waals surface area contributed by atoms with Gasteiger partial charge in [0.15, 0.2) is 0 Å². The van der Waals surface area contributed by atoms with Crippen molar-refractivity contribution in [3.8, 4) is 0 Å². The van der Waals surface area contributed by atoms with Crippen molar-refractivity contribution in [2.24, 2.45) is 5.92 Å². The summed E-state index contributed by atoms with van der Waals surface area (Å²) < 4.78 is 0. The van der Waals surface area contributed by atoms with Gasteiger partial charge in [0.2, 0.25) is 5.91 Å². The molecule has 7 nitrogen and oxygen atoms in total. The molecule has 0 bridgehead atoms. The second kappa shape index (κ2) is 7.65. The molecule has 1 aromatic carbocycles. The van der Waals surface area contributed by atoms with Gasteiger partial charge in [0.05, 0.1) is 6.54 Å². The number of aliphatic carboxylic acids is 1. The van der Waals surface area contributed by atoms with E-state index in [1.165, 1.54) is 0 Å². The lowest BCUT2D eigenvalue weighted by molar-refractivity contribution is -0.143. The van der Waals surface area contributed by atoms with Crippen molar-refractivity contribution in [3.63, 3.8) is 0 Å². The molecule has 1 saturated carbocycles. The molecule has 0 aromatic heterocycles. The summed E-state index contributed by atoms with van der Waals surface area (Å²) in [4.78, 5) is 37.5. The monoisotopic (exact) mass is 345 g/mol. The minimum absolute atomic E-state index is 0.0691. The van der Waals surface area contributed by atoms with Gasteiger partial charge in [-0.15, -0.1) is 0 Å². The van der Waals surface area contributed by atoms with E-state index in [9.17, 15) is 19.5 Å². The molecule has 2 fully saturated rings. The summed E-state index contributed by atoms with van der Waals surface area (Å²) in [7, 11) is 0. The van der Waals surface area contributed by atoms with Gasteiger partial charge in [0.25, 0.3) is 0 Å². The molecule has 3 unspecified atom stereocenters. The minimum Gasteiger partial charge on any atom is -0.480 e. The van der Waals surface area contributed by atoms with E-state index in [-0.39, 0.29) is 12.6 Å². The topological polar surface area (TPSA) is 98.7 Å². The van der Waals surface area contributed by atoms with Crippen molar-refractivity contribution in [2.45, 2.75) is 44.2 Å². The number of carbonyl (C=O) groups excluding carboxylic acids is 2. The Bertz CT molecular complexity index is 649. The summed E-state index contributed by atoms with van der Waals surface area (Å²) >= 11 is 0. The van der Waals surface area contributed by atoms with E-state index in [4.69, 9.17) is 0 Å². The first-order chi connectivity index (χ1) is 12.0. The highest BCUT2D eigenvalue weighted by Gasteiger charge is 2.45. The zero-order valence-electron chi connectivity index (χ0n) is 14.0. The van der Waals surface area contributed by atoms with Crippen LogP contribution < -0.4 is 10.6 Å². The number of benzene rings is 1. The van der Waals surface area contributed by atoms with Crippen molar-refractivity contribution in [1.82, 2.24) is 10.2 Å². The van der Waals surface area contributed by atoms with Crippen LogP contribution in [0.4, 0.5) is 10.5 Å². The van der Waals surface area contributed by atoms with Gasteiger partial charge in [-0.1, -0.05) is 31.0 Å². The Morgan fingerprint density at radius 1 is 1.12 bits per heavy atom. The van der Waals surface area contributed by atoms with E-state index < -0.39 is 23.9 Å². The summed E-state index contributed by atoms with van der Waals surface area (Å²) in [6, 6.07) is 7.70. The Kier molecular flexibility index (Phi) is 5.33. The Labute approximate surface area is 146 Å². The van der Waals surface area contributed by atoms with E-state index in [0.29, 0.717) is 18.0 Å². The number of anilines is 1. The number of carbonyl (C=O) groups is 3. The van der Waals surface area contributed by atoms with Crippen molar-refractivity contribution in [2.75, 3.05) is 11.9 Å². The lowest BCUT2D eigenvalue weighted by Crippen LogP contribution is -2.49. The standard InChI is InChI=1S/C18H23N3O4/c22-16(20-18(25)19-13-7-2-1-3-8-13)11-21-14-9-5-4-6-12(14)10-15(21)17(23)24/h1-3,7-8,12,14-15H,4-6,9-11H2,(H,23,24)(H2,19,20,22,25). The van der Waals surface area contributed by atoms with Gasteiger partial charge in [-0.3, -0.25) is 19.8 Å². The number of imide groups is 1. The molecule has 1 heterocycles. The molecular weight excluding hydrogens is 322 g/mol. The van der Waals surface area contributed by atoms with Crippen LogP contribution in [0.2, 0.25) is 0 Å². The molecule has 1 saturated heterocycles. The summed E-state index contributed by atoms with van der Waals surface area (Å²) in [5.74, 6) is -1.04. The molecule has 3 rings (SSSR count).